The molecule has 0 N–H and O–H groups in total. The van der Waals surface area contributed by atoms with Gasteiger partial charge in [0.25, 0.3) is 0 Å². The Morgan fingerprint density at radius 3 is 1.27 bits per heavy atom. The van der Waals surface area contributed by atoms with E-state index in [4.69, 9.17) is 28.4 Å². The van der Waals surface area contributed by atoms with Crippen molar-refractivity contribution < 1.29 is 47.6 Å². The Bertz CT molecular complexity index is 1580. The van der Waals surface area contributed by atoms with Crippen molar-refractivity contribution in [3.63, 3.8) is 0 Å². The van der Waals surface area contributed by atoms with E-state index in [9.17, 15) is 19.2 Å². The molecule has 5 atom stereocenters. The van der Waals surface area contributed by atoms with Gasteiger partial charge in [0.15, 0.2) is 24.6 Å². The Hall–Kier alpha value is -5.32. The molecule has 0 saturated carbocycles. The van der Waals surface area contributed by atoms with E-state index >= 15 is 0 Å². The molecule has 10 heteroatoms. The van der Waals surface area contributed by atoms with E-state index in [0.29, 0.717) is 0 Å². The van der Waals surface area contributed by atoms with Gasteiger partial charge in [-0.05, 0) is 48.5 Å². The molecule has 2 unspecified atom stereocenters. The lowest BCUT2D eigenvalue weighted by molar-refractivity contribution is -0.291. The largest absolute Gasteiger partial charge is 0.459 e. The summed E-state index contributed by atoms with van der Waals surface area (Å²) < 4.78 is 34.9. The third-order valence-electron chi connectivity index (χ3n) is 6.97. The number of carbonyl (C=O) groups excluding carboxylic acids is 4. The van der Waals surface area contributed by atoms with Crippen LogP contribution in [0.3, 0.4) is 0 Å². The molecule has 10 nitrogen and oxygen atoms in total. The summed E-state index contributed by atoms with van der Waals surface area (Å²) in [5, 5.41) is 0. The fourth-order valence-corrected chi connectivity index (χ4v) is 4.72. The van der Waals surface area contributed by atoms with Gasteiger partial charge in [-0.2, -0.15) is 0 Å². The summed E-state index contributed by atoms with van der Waals surface area (Å²) in [4.78, 5) is 52.8. The van der Waals surface area contributed by atoms with Crippen LogP contribution < -0.4 is 0 Å². The zero-order valence-corrected chi connectivity index (χ0v) is 24.2. The summed E-state index contributed by atoms with van der Waals surface area (Å²) in [6.45, 7) is -0.418. The molecule has 1 heterocycles. The second kappa shape index (κ2) is 14.9. The maximum atomic E-state index is 13.4. The Morgan fingerprint density at radius 1 is 0.511 bits per heavy atom. The molecule has 0 bridgehead atoms. The zero-order chi connectivity index (χ0) is 31.6. The number of hydrogen-bond acceptors (Lipinski definition) is 10. The number of ether oxygens (including phenoxy) is 6. The summed E-state index contributed by atoms with van der Waals surface area (Å²) in [6.07, 6.45) is -6.76. The average molecular weight is 611 g/mol. The average Bonchev–Trinajstić information content (AvgIpc) is 3.10. The van der Waals surface area contributed by atoms with E-state index in [1.54, 1.807) is 121 Å². The molecule has 4 aromatic carbocycles. The van der Waals surface area contributed by atoms with Gasteiger partial charge >= 0.3 is 23.9 Å². The minimum Gasteiger partial charge on any atom is -0.459 e. The smallest absolute Gasteiger partial charge is 0.338 e. The van der Waals surface area contributed by atoms with Crippen LogP contribution in [0.15, 0.2) is 121 Å². The van der Waals surface area contributed by atoms with Crippen LogP contribution in [0.4, 0.5) is 0 Å². The summed E-state index contributed by atoms with van der Waals surface area (Å²) >= 11 is 0. The van der Waals surface area contributed by atoms with Gasteiger partial charge in [-0.15, -0.1) is 0 Å². The van der Waals surface area contributed by atoms with Crippen molar-refractivity contribution in [3.8, 4) is 0 Å². The van der Waals surface area contributed by atoms with Gasteiger partial charge < -0.3 is 28.4 Å². The second-order valence-corrected chi connectivity index (χ2v) is 9.95. The third kappa shape index (κ3) is 7.80. The van der Waals surface area contributed by atoms with Crippen molar-refractivity contribution in [2.45, 2.75) is 30.7 Å². The predicted octanol–water partition coefficient (Wildman–Crippen LogP) is 4.89. The van der Waals surface area contributed by atoms with E-state index in [1.807, 2.05) is 0 Å². The summed E-state index contributed by atoms with van der Waals surface area (Å²) in [5.41, 5.74) is 0.914. The standard InChI is InChI=1S/C35H30O10/c1-40-35-30(45-34(39)26-20-12-5-13-21-26)29(44-33(38)25-18-10-4-11-19-25)28(43-32(37)24-16-8-3-9-17-24)27(42-35)22-41-31(36)23-14-6-2-7-15-23/h2-21,27-30,35H,22H2,1H3/t27?,28-,29+,30?,35+/m1/s1. The summed E-state index contributed by atoms with van der Waals surface area (Å²) in [6, 6.07) is 32.7. The minimum absolute atomic E-state index is 0.200. The Balaban J connectivity index is 1.50. The highest BCUT2D eigenvalue weighted by atomic mass is 16.7. The molecule has 1 saturated heterocycles. The molecule has 4 aromatic rings. The van der Waals surface area contributed by atoms with Crippen LogP contribution in [-0.2, 0) is 28.4 Å². The lowest BCUT2D eigenvalue weighted by atomic mass is 9.97. The van der Waals surface area contributed by atoms with Gasteiger partial charge in [-0.25, -0.2) is 19.2 Å². The van der Waals surface area contributed by atoms with Crippen LogP contribution >= 0.6 is 0 Å². The molecule has 45 heavy (non-hydrogen) atoms. The number of carbonyl (C=O) groups is 4. The number of esters is 4. The predicted molar refractivity (Wildman–Crippen MR) is 159 cm³/mol. The van der Waals surface area contributed by atoms with Crippen molar-refractivity contribution in [1.29, 1.82) is 0 Å². The zero-order valence-electron chi connectivity index (χ0n) is 24.2. The molecule has 0 radical (unpaired) electrons. The summed E-state index contributed by atoms with van der Waals surface area (Å²) in [5.74, 6) is -2.96. The molecule has 0 aromatic heterocycles. The van der Waals surface area contributed by atoms with Gasteiger partial charge in [0.2, 0.25) is 0 Å². The monoisotopic (exact) mass is 610 g/mol. The van der Waals surface area contributed by atoms with Crippen LogP contribution in [0.1, 0.15) is 41.4 Å². The Morgan fingerprint density at radius 2 is 0.867 bits per heavy atom. The van der Waals surface area contributed by atoms with Gasteiger partial charge in [0.05, 0.1) is 22.3 Å². The van der Waals surface area contributed by atoms with Crippen LogP contribution in [-0.4, -0.2) is 68.3 Å². The van der Waals surface area contributed by atoms with E-state index in [2.05, 4.69) is 0 Å². The molecule has 5 rings (SSSR count). The molecule has 0 aliphatic carbocycles. The lowest BCUT2D eigenvalue weighted by Gasteiger charge is -2.44. The molecular weight excluding hydrogens is 580 g/mol. The summed E-state index contributed by atoms with van der Waals surface area (Å²) in [7, 11) is 1.31. The number of hydrogen-bond donors (Lipinski definition) is 0. The first-order chi connectivity index (χ1) is 21.9. The van der Waals surface area contributed by atoms with Gasteiger partial charge in [-0.1, -0.05) is 72.8 Å². The van der Waals surface area contributed by atoms with Crippen molar-refractivity contribution in [2.75, 3.05) is 13.7 Å². The quantitative estimate of drug-likeness (QED) is 0.181. The van der Waals surface area contributed by atoms with E-state index in [1.165, 1.54) is 7.11 Å². The molecule has 0 amide bonds. The fourth-order valence-electron chi connectivity index (χ4n) is 4.72. The first kappa shape index (κ1) is 31.1. The topological polar surface area (TPSA) is 124 Å². The highest BCUT2D eigenvalue weighted by Crippen LogP contribution is 2.31. The Kier molecular flexibility index (Phi) is 10.3. The number of benzene rings is 4. The SMILES string of the molecule is CO[C@H]1OC(COC(=O)c2ccccc2)[C@@H](OC(=O)c2ccccc2)[C@H](OC(=O)c2ccccc2)C1OC(=O)c1ccccc1. The van der Waals surface area contributed by atoms with Gasteiger partial charge in [0.1, 0.15) is 12.7 Å². The minimum atomic E-state index is -1.45. The molecule has 1 aliphatic rings. The number of rotatable bonds is 10. The van der Waals surface area contributed by atoms with E-state index < -0.39 is 61.2 Å². The van der Waals surface area contributed by atoms with Crippen molar-refractivity contribution in [3.05, 3.63) is 144 Å². The van der Waals surface area contributed by atoms with Crippen LogP contribution in [0.25, 0.3) is 0 Å². The first-order valence-corrected chi connectivity index (χ1v) is 14.1. The fraction of sp³-hybridized carbons (Fsp3) is 0.200. The number of methoxy groups -OCH3 is 1. The van der Waals surface area contributed by atoms with Crippen LogP contribution in [0.5, 0.6) is 0 Å². The highest BCUT2D eigenvalue weighted by Gasteiger charge is 2.53. The normalized spacial score (nSPS) is 20.8. The highest BCUT2D eigenvalue weighted by molar-refractivity contribution is 5.91. The third-order valence-corrected chi connectivity index (χ3v) is 6.97. The van der Waals surface area contributed by atoms with Crippen molar-refractivity contribution >= 4 is 23.9 Å². The Labute approximate surface area is 259 Å². The lowest BCUT2D eigenvalue weighted by Crippen LogP contribution is -2.63. The second-order valence-electron chi connectivity index (χ2n) is 9.95. The van der Waals surface area contributed by atoms with E-state index in [-0.39, 0.29) is 22.3 Å². The molecule has 1 fully saturated rings. The van der Waals surface area contributed by atoms with Crippen LogP contribution in [0, 0.1) is 0 Å². The van der Waals surface area contributed by atoms with Crippen molar-refractivity contribution in [2.24, 2.45) is 0 Å². The molecule has 1 aliphatic heterocycles. The van der Waals surface area contributed by atoms with Crippen LogP contribution in [0.2, 0.25) is 0 Å². The van der Waals surface area contributed by atoms with Crippen molar-refractivity contribution in [1.82, 2.24) is 0 Å². The van der Waals surface area contributed by atoms with Gasteiger partial charge in [-0.3, -0.25) is 0 Å². The maximum Gasteiger partial charge on any atom is 0.338 e. The molecule has 230 valence electrons. The molecular formula is C35H30O10. The maximum absolute atomic E-state index is 13.4. The first-order valence-electron chi connectivity index (χ1n) is 14.1. The molecule has 0 spiro atoms. The van der Waals surface area contributed by atoms with E-state index in [0.717, 1.165) is 0 Å². The van der Waals surface area contributed by atoms with Gasteiger partial charge in [0, 0.05) is 7.11 Å².